The van der Waals surface area contributed by atoms with Crippen molar-refractivity contribution in [1.82, 2.24) is 0 Å². The van der Waals surface area contributed by atoms with Crippen molar-refractivity contribution in [2.45, 2.75) is 39.0 Å². The Morgan fingerprint density at radius 1 is 1.26 bits per heavy atom. The number of benzene rings is 2. The topological polar surface area (TPSA) is 92.9 Å². The number of nitrogens with zero attached hydrogens (tertiary/aromatic N) is 1. The molecular weight excluding hydrogens is 419 g/mol. The van der Waals surface area contributed by atoms with E-state index in [1.165, 1.54) is 23.4 Å². The van der Waals surface area contributed by atoms with Crippen LogP contribution in [0.15, 0.2) is 53.6 Å². The molecule has 0 saturated heterocycles. The van der Waals surface area contributed by atoms with Crippen LogP contribution in [0.4, 0.5) is 15.8 Å². The Hall–Kier alpha value is -3.18. The van der Waals surface area contributed by atoms with E-state index in [-0.39, 0.29) is 29.4 Å². The van der Waals surface area contributed by atoms with Crippen LogP contribution in [0.25, 0.3) is 0 Å². The van der Waals surface area contributed by atoms with Crippen LogP contribution in [0.3, 0.4) is 0 Å². The van der Waals surface area contributed by atoms with Crippen LogP contribution in [0.1, 0.15) is 32.8 Å². The molecule has 2 aromatic carbocycles. The zero-order chi connectivity index (χ0) is 24.2. The number of sulfonamides is 1. The first-order valence-corrected chi connectivity index (χ1v) is 11.1. The van der Waals surface area contributed by atoms with Crippen molar-refractivity contribution >= 4 is 21.4 Å². The third-order valence-corrected chi connectivity index (χ3v) is 5.74. The van der Waals surface area contributed by atoms with Crippen LogP contribution in [0.2, 0.25) is 0 Å². The fourth-order valence-electron chi connectivity index (χ4n) is 2.36. The first kappa shape index (κ1) is 27.8. The van der Waals surface area contributed by atoms with Gasteiger partial charge in [-0.2, -0.15) is 0 Å². The van der Waals surface area contributed by atoms with E-state index in [2.05, 4.69) is 19.4 Å². The number of rotatable bonds is 3. The molecule has 0 aliphatic carbocycles. The van der Waals surface area contributed by atoms with E-state index in [1.54, 1.807) is 18.2 Å². The molecule has 0 bridgehead atoms. The molecule has 170 valence electrons. The van der Waals surface area contributed by atoms with Gasteiger partial charge in [-0.3, -0.25) is 4.31 Å². The van der Waals surface area contributed by atoms with Crippen molar-refractivity contribution in [3.05, 3.63) is 60.1 Å². The zero-order valence-electron chi connectivity index (χ0n) is 18.4. The van der Waals surface area contributed by atoms with Gasteiger partial charge in [0.25, 0.3) is 10.0 Å². The highest BCUT2D eigenvalue weighted by molar-refractivity contribution is 7.92. The third kappa shape index (κ3) is 7.54. The van der Waals surface area contributed by atoms with Gasteiger partial charge in [-0.1, -0.05) is 27.4 Å². The third-order valence-electron chi connectivity index (χ3n) is 3.93. The van der Waals surface area contributed by atoms with E-state index in [0.717, 1.165) is 6.07 Å². The molecule has 0 fully saturated rings. The minimum Gasteiger partial charge on any atom is -0.513 e. The molecule has 0 aromatic heterocycles. The molecule has 0 saturated carbocycles. The second-order valence-electron chi connectivity index (χ2n) is 5.98. The average molecular weight is 451 g/mol. The highest BCUT2D eigenvalue weighted by Gasteiger charge is 2.30. The number of nitrogens with two attached hydrogens (primary N) is 1. The second kappa shape index (κ2) is 13.2. The molecular formula is C23H31FN2O4S. The summed E-state index contributed by atoms with van der Waals surface area (Å²) in [4.78, 5) is 0.0432. The molecule has 0 spiro atoms. The number of anilines is 2. The van der Waals surface area contributed by atoms with E-state index in [9.17, 15) is 12.8 Å². The molecule has 8 heteroatoms. The van der Waals surface area contributed by atoms with Gasteiger partial charge in [-0.15, -0.1) is 12.8 Å². The largest absolute Gasteiger partial charge is 0.513 e. The van der Waals surface area contributed by atoms with Gasteiger partial charge < -0.3 is 15.6 Å². The minimum absolute atomic E-state index is 0.0432. The number of aryl methyl sites for hydroxylation is 1. The van der Waals surface area contributed by atoms with Crippen LogP contribution < -0.4 is 14.8 Å². The number of aliphatic hydroxyl groups is 1. The van der Waals surface area contributed by atoms with Gasteiger partial charge in [0.1, 0.15) is 18.2 Å². The fraction of sp³-hybridized carbons (Fsp3) is 0.304. The van der Waals surface area contributed by atoms with Crippen LogP contribution in [0.5, 0.6) is 5.75 Å². The van der Waals surface area contributed by atoms with Crippen molar-refractivity contribution in [2.75, 3.05) is 23.2 Å². The molecule has 1 aliphatic heterocycles. The zero-order valence-corrected chi connectivity index (χ0v) is 19.2. The average Bonchev–Trinajstić information content (AvgIpc) is 2.78. The van der Waals surface area contributed by atoms with E-state index < -0.39 is 15.8 Å². The Morgan fingerprint density at radius 2 is 1.84 bits per heavy atom. The van der Waals surface area contributed by atoms with Crippen molar-refractivity contribution in [2.24, 2.45) is 0 Å². The summed E-state index contributed by atoms with van der Waals surface area (Å²) in [7, 11) is -3.80. The Bertz CT molecular complexity index is 988. The number of terminal acetylenes is 1. The lowest BCUT2D eigenvalue weighted by Crippen LogP contribution is -2.38. The number of hydrogen-bond donors (Lipinski definition) is 2. The quantitative estimate of drug-likeness (QED) is 0.388. The number of aliphatic hydroxyl groups excluding tert-OH is 1. The van der Waals surface area contributed by atoms with Gasteiger partial charge in [-0.05, 0) is 48.9 Å². The summed E-state index contributed by atoms with van der Waals surface area (Å²) < 4.78 is 45.7. The second-order valence-corrected chi connectivity index (χ2v) is 7.85. The lowest BCUT2D eigenvalue weighted by Gasteiger charge is -2.30. The van der Waals surface area contributed by atoms with Crippen LogP contribution in [-0.4, -0.2) is 26.7 Å². The minimum atomic E-state index is -3.80. The molecule has 31 heavy (non-hydrogen) atoms. The van der Waals surface area contributed by atoms with Crippen molar-refractivity contribution < 1.29 is 22.7 Å². The Morgan fingerprint density at radius 3 is 2.35 bits per heavy atom. The summed E-state index contributed by atoms with van der Waals surface area (Å²) in [6, 6.07) is 8.59. The van der Waals surface area contributed by atoms with Crippen molar-refractivity contribution in [3.63, 3.8) is 0 Å². The molecule has 1 heterocycles. The molecule has 3 N–H and O–H groups in total. The summed E-state index contributed by atoms with van der Waals surface area (Å²) in [5.74, 6) is 0.276. The lowest BCUT2D eigenvalue weighted by molar-refractivity contribution is 0.316. The summed E-state index contributed by atoms with van der Waals surface area (Å²) in [6.45, 7) is 11.0. The molecule has 6 nitrogen and oxygen atoms in total. The number of hydrogen-bond acceptors (Lipinski definition) is 5. The standard InChI is InChI=1S/C15H15FN2O3S.C4H8O.C2H6.C2H2/c1-10-8-12(3-4-13(10)16)22(19,20)18-6-7-21-15-5-2-11(17)9-14(15)18;1-3-4(2)5;2*1-2/h2-5,8-9H,6-7,17H2,1H3;5H,2-3H2,1H3;1-2H3;1-2H. The summed E-state index contributed by atoms with van der Waals surface area (Å²) in [5.41, 5.74) is 6.86. The Balaban J connectivity index is 0.000000867. The molecule has 0 unspecified atom stereocenters. The number of ether oxygens (including phenoxy) is 1. The molecule has 1 aliphatic rings. The van der Waals surface area contributed by atoms with Crippen LogP contribution in [0, 0.1) is 25.6 Å². The van der Waals surface area contributed by atoms with Gasteiger partial charge in [0, 0.05) is 12.1 Å². The smallest absolute Gasteiger partial charge is 0.264 e. The number of halogens is 1. The predicted molar refractivity (Wildman–Crippen MR) is 125 cm³/mol. The molecule has 3 rings (SSSR count). The maximum absolute atomic E-state index is 13.4. The normalized spacial score (nSPS) is 11.6. The van der Waals surface area contributed by atoms with E-state index in [1.807, 2.05) is 20.8 Å². The first-order chi connectivity index (χ1) is 14.7. The van der Waals surface area contributed by atoms with E-state index >= 15 is 0 Å². The fourth-order valence-corrected chi connectivity index (χ4v) is 3.90. The summed E-state index contributed by atoms with van der Waals surface area (Å²) in [6.07, 6.45) is 8.67. The Labute approximate surface area is 185 Å². The summed E-state index contributed by atoms with van der Waals surface area (Å²) in [5, 5.41) is 8.17. The van der Waals surface area contributed by atoms with Crippen LogP contribution >= 0.6 is 0 Å². The highest BCUT2D eigenvalue weighted by atomic mass is 32.2. The monoisotopic (exact) mass is 450 g/mol. The van der Waals surface area contributed by atoms with Gasteiger partial charge >= 0.3 is 0 Å². The van der Waals surface area contributed by atoms with E-state index in [4.69, 9.17) is 15.6 Å². The summed E-state index contributed by atoms with van der Waals surface area (Å²) >= 11 is 0. The number of fused-ring (bicyclic) bond motifs is 1. The van der Waals surface area contributed by atoms with Gasteiger partial charge in [-0.25, -0.2) is 12.8 Å². The maximum Gasteiger partial charge on any atom is 0.264 e. The molecule has 0 atom stereocenters. The highest BCUT2D eigenvalue weighted by Crippen LogP contribution is 2.36. The molecule has 0 amide bonds. The SMILES string of the molecule is C#C.C=C(O)CC.CC.Cc1cc(S(=O)(=O)N2CCOc3ccc(N)cc32)ccc1F. The predicted octanol–water partition coefficient (Wildman–Crippen LogP) is 5.05. The molecule has 2 aromatic rings. The molecule has 0 radical (unpaired) electrons. The van der Waals surface area contributed by atoms with Gasteiger partial charge in [0.05, 0.1) is 22.9 Å². The van der Waals surface area contributed by atoms with E-state index in [0.29, 0.717) is 23.5 Å². The number of allylic oxidation sites excluding steroid dienone is 1. The Kier molecular flexibility index (Phi) is 11.8. The maximum atomic E-state index is 13.4. The lowest BCUT2D eigenvalue weighted by atomic mass is 10.2. The van der Waals surface area contributed by atoms with Gasteiger partial charge in [0.15, 0.2) is 0 Å². The van der Waals surface area contributed by atoms with Crippen LogP contribution in [-0.2, 0) is 10.0 Å². The first-order valence-electron chi connectivity index (χ1n) is 9.68. The van der Waals surface area contributed by atoms with Crippen molar-refractivity contribution in [1.29, 1.82) is 0 Å². The number of nitrogen functional groups attached to an aromatic ring is 1. The van der Waals surface area contributed by atoms with Crippen molar-refractivity contribution in [3.8, 4) is 18.6 Å². The van der Waals surface area contributed by atoms with Gasteiger partial charge in [0.2, 0.25) is 0 Å².